The summed E-state index contributed by atoms with van der Waals surface area (Å²) >= 11 is 0. The number of carboxylic acid groups (broad SMARTS) is 1. The van der Waals surface area contributed by atoms with E-state index in [2.05, 4.69) is 4.90 Å². The zero-order valence-corrected chi connectivity index (χ0v) is 11.1. The number of likely N-dealkylation sites (tertiary alicyclic amines) is 1. The van der Waals surface area contributed by atoms with Gasteiger partial charge in [0.15, 0.2) is 0 Å². The van der Waals surface area contributed by atoms with Crippen molar-refractivity contribution in [2.45, 2.75) is 37.8 Å². The van der Waals surface area contributed by atoms with Crippen LogP contribution in [0.4, 0.5) is 4.79 Å². The van der Waals surface area contributed by atoms with Crippen molar-refractivity contribution in [3.63, 3.8) is 0 Å². The van der Waals surface area contributed by atoms with Crippen LogP contribution in [0.25, 0.3) is 0 Å². The predicted molar refractivity (Wildman–Crippen MR) is 68.9 cm³/mol. The van der Waals surface area contributed by atoms with Gasteiger partial charge < -0.3 is 14.9 Å². The van der Waals surface area contributed by atoms with E-state index < -0.39 is 12.0 Å². The molecule has 3 fully saturated rings. The molecule has 3 heterocycles. The van der Waals surface area contributed by atoms with Crippen molar-refractivity contribution in [3.8, 4) is 0 Å². The molecule has 1 N–H and O–H groups in total. The van der Waals surface area contributed by atoms with E-state index in [9.17, 15) is 9.59 Å². The molecule has 2 unspecified atom stereocenters. The van der Waals surface area contributed by atoms with E-state index in [0.717, 1.165) is 39.0 Å². The molecule has 0 aromatic rings. The highest BCUT2D eigenvalue weighted by Crippen LogP contribution is 2.24. The third kappa shape index (κ3) is 2.29. The number of piperazine rings is 1. The monoisotopic (exact) mass is 267 g/mol. The van der Waals surface area contributed by atoms with Crippen LogP contribution in [0.15, 0.2) is 0 Å². The minimum Gasteiger partial charge on any atom is -0.480 e. The van der Waals surface area contributed by atoms with Gasteiger partial charge in [0, 0.05) is 32.2 Å². The fourth-order valence-corrected chi connectivity index (χ4v) is 3.60. The summed E-state index contributed by atoms with van der Waals surface area (Å²) in [4.78, 5) is 29.5. The number of carbonyl (C=O) groups excluding carboxylic acids is 1. The van der Waals surface area contributed by atoms with Crippen LogP contribution in [0.2, 0.25) is 0 Å². The summed E-state index contributed by atoms with van der Waals surface area (Å²) in [6.07, 6.45) is 3.76. The maximum absolute atomic E-state index is 12.5. The number of aliphatic carboxylic acids is 1. The van der Waals surface area contributed by atoms with Gasteiger partial charge in [0.1, 0.15) is 6.04 Å². The van der Waals surface area contributed by atoms with Crippen LogP contribution in [-0.2, 0) is 4.79 Å². The summed E-state index contributed by atoms with van der Waals surface area (Å²) in [5, 5.41) is 9.16. The SMILES string of the molecule is O=C(O)C1CCCN1C(=O)N1CCN2CCCC2C1. The van der Waals surface area contributed by atoms with E-state index in [1.165, 1.54) is 6.42 Å². The summed E-state index contributed by atoms with van der Waals surface area (Å²) in [5.41, 5.74) is 0. The number of carbonyl (C=O) groups is 2. The van der Waals surface area contributed by atoms with Crippen molar-refractivity contribution < 1.29 is 14.7 Å². The van der Waals surface area contributed by atoms with Gasteiger partial charge in [-0.2, -0.15) is 0 Å². The van der Waals surface area contributed by atoms with Gasteiger partial charge in [-0.15, -0.1) is 0 Å². The molecule has 0 spiro atoms. The second-order valence-corrected chi connectivity index (χ2v) is 5.75. The first-order valence-electron chi connectivity index (χ1n) is 7.19. The highest BCUT2D eigenvalue weighted by atomic mass is 16.4. The van der Waals surface area contributed by atoms with Crippen LogP contribution in [0.5, 0.6) is 0 Å². The number of amides is 2. The van der Waals surface area contributed by atoms with Gasteiger partial charge in [-0.05, 0) is 32.2 Å². The summed E-state index contributed by atoms with van der Waals surface area (Å²) < 4.78 is 0. The van der Waals surface area contributed by atoms with Crippen LogP contribution in [0.1, 0.15) is 25.7 Å². The lowest BCUT2D eigenvalue weighted by molar-refractivity contribution is -0.141. The summed E-state index contributed by atoms with van der Waals surface area (Å²) in [6.45, 7) is 4.16. The number of urea groups is 1. The fraction of sp³-hybridized carbons (Fsp3) is 0.846. The molecule has 3 aliphatic rings. The molecule has 2 amide bonds. The quantitative estimate of drug-likeness (QED) is 0.748. The molecule has 19 heavy (non-hydrogen) atoms. The lowest BCUT2D eigenvalue weighted by Gasteiger charge is -2.39. The van der Waals surface area contributed by atoms with E-state index >= 15 is 0 Å². The molecular weight excluding hydrogens is 246 g/mol. The van der Waals surface area contributed by atoms with Crippen molar-refractivity contribution >= 4 is 12.0 Å². The second kappa shape index (κ2) is 5.00. The van der Waals surface area contributed by atoms with Gasteiger partial charge in [-0.25, -0.2) is 9.59 Å². The van der Waals surface area contributed by atoms with Crippen LogP contribution >= 0.6 is 0 Å². The van der Waals surface area contributed by atoms with E-state index in [4.69, 9.17) is 5.11 Å². The second-order valence-electron chi connectivity index (χ2n) is 5.75. The average Bonchev–Trinajstić information content (AvgIpc) is 3.05. The molecule has 0 bridgehead atoms. The highest BCUT2D eigenvalue weighted by Gasteiger charge is 2.39. The Morgan fingerprint density at radius 1 is 1.00 bits per heavy atom. The Hall–Kier alpha value is -1.30. The van der Waals surface area contributed by atoms with Gasteiger partial charge in [0.25, 0.3) is 0 Å². The molecule has 0 saturated carbocycles. The van der Waals surface area contributed by atoms with Crippen LogP contribution in [-0.4, -0.2) is 76.6 Å². The van der Waals surface area contributed by atoms with Gasteiger partial charge in [-0.3, -0.25) is 4.90 Å². The molecule has 6 heteroatoms. The number of rotatable bonds is 1. The number of hydrogen-bond acceptors (Lipinski definition) is 3. The maximum atomic E-state index is 12.5. The maximum Gasteiger partial charge on any atom is 0.326 e. The number of nitrogens with zero attached hydrogens (tertiary/aromatic N) is 3. The first-order chi connectivity index (χ1) is 9.16. The molecule has 3 aliphatic heterocycles. The van der Waals surface area contributed by atoms with E-state index in [1.807, 2.05) is 4.90 Å². The Bertz CT molecular complexity index is 387. The van der Waals surface area contributed by atoms with Crippen molar-refractivity contribution in [3.05, 3.63) is 0 Å². The normalized spacial score (nSPS) is 31.6. The van der Waals surface area contributed by atoms with Crippen LogP contribution < -0.4 is 0 Å². The predicted octanol–water partition coefficient (Wildman–Crippen LogP) is 0.435. The number of carboxylic acids is 1. The minimum atomic E-state index is -0.870. The van der Waals surface area contributed by atoms with E-state index in [1.54, 1.807) is 4.90 Å². The third-order valence-corrected chi connectivity index (χ3v) is 4.64. The zero-order valence-electron chi connectivity index (χ0n) is 11.1. The smallest absolute Gasteiger partial charge is 0.326 e. The lowest BCUT2D eigenvalue weighted by Crippen LogP contribution is -2.56. The average molecular weight is 267 g/mol. The fourth-order valence-electron chi connectivity index (χ4n) is 3.60. The Morgan fingerprint density at radius 2 is 1.79 bits per heavy atom. The molecule has 6 nitrogen and oxygen atoms in total. The molecular formula is C13H21N3O3. The standard InChI is InChI=1S/C13H21N3O3/c17-12(18)11-4-2-6-16(11)13(19)15-8-7-14-5-1-3-10(14)9-15/h10-11H,1-9H2,(H,17,18). The first kappa shape index (κ1) is 12.7. The number of hydrogen-bond donors (Lipinski definition) is 1. The highest BCUT2D eigenvalue weighted by molar-refractivity contribution is 5.83. The Morgan fingerprint density at radius 3 is 2.58 bits per heavy atom. The molecule has 106 valence electrons. The van der Waals surface area contributed by atoms with Crippen molar-refractivity contribution in [1.82, 2.24) is 14.7 Å². The van der Waals surface area contributed by atoms with Crippen molar-refractivity contribution in [2.24, 2.45) is 0 Å². The first-order valence-corrected chi connectivity index (χ1v) is 7.19. The van der Waals surface area contributed by atoms with Crippen LogP contribution in [0, 0.1) is 0 Å². The third-order valence-electron chi connectivity index (χ3n) is 4.64. The molecule has 0 radical (unpaired) electrons. The molecule has 0 aromatic carbocycles. The molecule has 3 saturated heterocycles. The number of fused-ring (bicyclic) bond motifs is 1. The molecule has 0 aliphatic carbocycles. The Balaban J connectivity index is 1.65. The molecule has 3 rings (SSSR count). The van der Waals surface area contributed by atoms with E-state index in [0.29, 0.717) is 19.0 Å². The minimum absolute atomic E-state index is 0.0727. The zero-order chi connectivity index (χ0) is 13.4. The summed E-state index contributed by atoms with van der Waals surface area (Å²) in [7, 11) is 0. The summed E-state index contributed by atoms with van der Waals surface area (Å²) in [5.74, 6) is -0.870. The van der Waals surface area contributed by atoms with Gasteiger partial charge >= 0.3 is 12.0 Å². The van der Waals surface area contributed by atoms with Crippen LogP contribution in [0.3, 0.4) is 0 Å². The summed E-state index contributed by atoms with van der Waals surface area (Å²) in [6, 6.07) is -0.200. The van der Waals surface area contributed by atoms with Crippen molar-refractivity contribution in [1.29, 1.82) is 0 Å². The van der Waals surface area contributed by atoms with Gasteiger partial charge in [-0.1, -0.05) is 0 Å². The lowest BCUT2D eigenvalue weighted by atomic mass is 10.1. The van der Waals surface area contributed by atoms with E-state index in [-0.39, 0.29) is 6.03 Å². The van der Waals surface area contributed by atoms with Gasteiger partial charge in [0.05, 0.1) is 0 Å². The molecule has 0 aromatic heterocycles. The van der Waals surface area contributed by atoms with Gasteiger partial charge in [0.2, 0.25) is 0 Å². The van der Waals surface area contributed by atoms with Crippen molar-refractivity contribution in [2.75, 3.05) is 32.7 Å². The Kier molecular flexibility index (Phi) is 3.35. The molecule has 2 atom stereocenters. The Labute approximate surface area is 112 Å². The largest absolute Gasteiger partial charge is 0.480 e. The topological polar surface area (TPSA) is 64.1 Å².